The molecule has 0 fully saturated rings. The molecule has 1 aromatic heterocycles. The molecule has 150 valence electrons. The van der Waals surface area contributed by atoms with Crippen LogP contribution in [0.25, 0.3) is 0 Å². The average Bonchev–Trinajstić information content (AvgIpc) is 2.63. The summed E-state index contributed by atoms with van der Waals surface area (Å²) >= 11 is 12.1. The van der Waals surface area contributed by atoms with Gasteiger partial charge in [-0.3, -0.25) is 0 Å². The second-order valence-electron chi connectivity index (χ2n) is 6.10. The van der Waals surface area contributed by atoms with E-state index >= 15 is 0 Å². The van der Waals surface area contributed by atoms with Crippen LogP contribution in [-0.2, 0) is 10.0 Å². The van der Waals surface area contributed by atoms with E-state index in [1.165, 1.54) is 18.2 Å². The molecular formula is C19H17Cl2N5O2S. The molecule has 10 heteroatoms. The topological polar surface area (TPSA) is 102 Å². The van der Waals surface area contributed by atoms with E-state index in [0.29, 0.717) is 11.4 Å². The van der Waals surface area contributed by atoms with Crippen molar-refractivity contribution in [1.29, 1.82) is 0 Å². The molecule has 0 radical (unpaired) electrons. The lowest BCUT2D eigenvalue weighted by Crippen LogP contribution is -2.42. The van der Waals surface area contributed by atoms with Crippen LogP contribution in [0.5, 0.6) is 0 Å². The number of sulfonamides is 1. The van der Waals surface area contributed by atoms with Gasteiger partial charge in [-0.25, -0.2) is 22.7 Å². The molecular weight excluding hydrogens is 433 g/mol. The number of guanidine groups is 1. The zero-order chi connectivity index (χ0) is 21.2. The van der Waals surface area contributed by atoms with Crippen LogP contribution in [0.4, 0.5) is 11.6 Å². The molecule has 0 atom stereocenters. The van der Waals surface area contributed by atoms with E-state index in [1.54, 1.807) is 50.2 Å². The SMILES string of the molecule is Cc1cc(C)nc(N=C(N)N(c2ccccc2)S(=O)(=O)c2cc(Cl)ccc2Cl)n1. The molecule has 0 aliphatic heterocycles. The molecule has 0 spiro atoms. The van der Waals surface area contributed by atoms with Crippen molar-refractivity contribution in [2.75, 3.05) is 4.31 Å². The highest BCUT2D eigenvalue weighted by molar-refractivity contribution is 7.93. The molecule has 3 aromatic rings. The third-order valence-corrected chi connectivity index (χ3v) is 6.24. The summed E-state index contributed by atoms with van der Waals surface area (Å²) in [5.74, 6) is -0.287. The van der Waals surface area contributed by atoms with Gasteiger partial charge in [-0.2, -0.15) is 4.99 Å². The number of halogens is 2. The van der Waals surface area contributed by atoms with E-state index in [4.69, 9.17) is 28.9 Å². The maximum absolute atomic E-state index is 13.5. The van der Waals surface area contributed by atoms with E-state index in [-0.39, 0.29) is 32.5 Å². The van der Waals surface area contributed by atoms with Gasteiger partial charge in [-0.05, 0) is 50.2 Å². The van der Waals surface area contributed by atoms with Crippen molar-refractivity contribution in [3.05, 3.63) is 76.0 Å². The van der Waals surface area contributed by atoms with Crippen LogP contribution >= 0.6 is 23.2 Å². The maximum atomic E-state index is 13.5. The van der Waals surface area contributed by atoms with Crippen LogP contribution in [0.1, 0.15) is 11.4 Å². The summed E-state index contributed by atoms with van der Waals surface area (Å²) in [6, 6.07) is 14.2. The number of nitrogens with two attached hydrogens (primary N) is 1. The molecule has 2 aromatic carbocycles. The fourth-order valence-corrected chi connectivity index (χ4v) is 4.76. The minimum Gasteiger partial charge on any atom is -0.368 e. The standard InChI is InChI=1S/C19H17Cl2N5O2S/c1-12-10-13(2)24-19(23-12)25-18(22)26(15-6-4-3-5-7-15)29(27,28)17-11-14(20)8-9-16(17)21/h3-11H,1-2H3,(H2,22,23,24,25). The molecule has 0 amide bonds. The van der Waals surface area contributed by atoms with Crippen LogP contribution in [0.3, 0.4) is 0 Å². The quantitative estimate of drug-likeness (QED) is 0.473. The Kier molecular flexibility index (Phi) is 6.07. The molecule has 0 unspecified atom stereocenters. The van der Waals surface area contributed by atoms with Gasteiger partial charge >= 0.3 is 0 Å². The molecule has 0 aliphatic rings. The summed E-state index contributed by atoms with van der Waals surface area (Å²) in [6.45, 7) is 3.56. The minimum atomic E-state index is -4.24. The van der Waals surface area contributed by atoms with E-state index in [2.05, 4.69) is 15.0 Å². The maximum Gasteiger partial charge on any atom is 0.272 e. The highest BCUT2D eigenvalue weighted by atomic mass is 35.5. The Morgan fingerprint density at radius 3 is 2.24 bits per heavy atom. The average molecular weight is 450 g/mol. The van der Waals surface area contributed by atoms with Gasteiger partial charge in [0.1, 0.15) is 4.90 Å². The molecule has 0 bridgehead atoms. The largest absolute Gasteiger partial charge is 0.368 e. The summed E-state index contributed by atoms with van der Waals surface area (Å²) in [5.41, 5.74) is 7.76. The Morgan fingerprint density at radius 2 is 1.62 bits per heavy atom. The first-order chi connectivity index (χ1) is 13.7. The Morgan fingerprint density at radius 1 is 1.00 bits per heavy atom. The molecule has 0 saturated heterocycles. The van der Waals surface area contributed by atoms with Crippen molar-refractivity contribution in [2.24, 2.45) is 10.7 Å². The minimum absolute atomic E-state index is 0.00535. The molecule has 2 N–H and O–H groups in total. The molecule has 29 heavy (non-hydrogen) atoms. The number of aryl methyl sites for hydroxylation is 2. The number of hydrogen-bond acceptors (Lipinski definition) is 5. The van der Waals surface area contributed by atoms with Crippen LogP contribution in [0.15, 0.2) is 64.5 Å². The second kappa shape index (κ2) is 8.36. The van der Waals surface area contributed by atoms with E-state index in [0.717, 1.165) is 4.31 Å². The van der Waals surface area contributed by atoms with Gasteiger partial charge in [0.2, 0.25) is 5.96 Å². The summed E-state index contributed by atoms with van der Waals surface area (Å²) in [6.07, 6.45) is 0. The van der Waals surface area contributed by atoms with Gasteiger partial charge in [-0.15, -0.1) is 0 Å². The first-order valence-electron chi connectivity index (χ1n) is 8.40. The number of hydrogen-bond donors (Lipinski definition) is 1. The van der Waals surface area contributed by atoms with Crippen molar-refractivity contribution in [3.8, 4) is 0 Å². The summed E-state index contributed by atoms with van der Waals surface area (Å²) in [7, 11) is -4.24. The van der Waals surface area contributed by atoms with Gasteiger partial charge in [0.05, 0.1) is 10.7 Å². The molecule has 7 nitrogen and oxygen atoms in total. The lowest BCUT2D eigenvalue weighted by Gasteiger charge is -2.23. The Labute approximate surface area is 178 Å². The van der Waals surface area contributed by atoms with Gasteiger partial charge in [0, 0.05) is 16.4 Å². The zero-order valence-corrected chi connectivity index (χ0v) is 17.9. The van der Waals surface area contributed by atoms with Crippen molar-refractivity contribution in [2.45, 2.75) is 18.7 Å². The van der Waals surface area contributed by atoms with Crippen molar-refractivity contribution >= 4 is 50.8 Å². The molecule has 3 rings (SSSR count). The van der Waals surface area contributed by atoms with E-state index < -0.39 is 10.0 Å². The number of anilines is 1. The number of aromatic nitrogens is 2. The van der Waals surface area contributed by atoms with E-state index in [9.17, 15) is 8.42 Å². The van der Waals surface area contributed by atoms with Gasteiger partial charge in [0.15, 0.2) is 0 Å². The van der Waals surface area contributed by atoms with Crippen molar-refractivity contribution in [1.82, 2.24) is 9.97 Å². The van der Waals surface area contributed by atoms with Gasteiger partial charge in [-0.1, -0.05) is 41.4 Å². The highest BCUT2D eigenvalue weighted by Gasteiger charge is 2.30. The summed E-state index contributed by atoms with van der Waals surface area (Å²) < 4.78 is 27.8. The van der Waals surface area contributed by atoms with E-state index in [1.807, 2.05) is 0 Å². The lowest BCUT2D eigenvalue weighted by atomic mass is 10.3. The monoisotopic (exact) mass is 449 g/mol. The Hall–Kier alpha value is -2.68. The Balaban J connectivity index is 2.20. The van der Waals surface area contributed by atoms with Crippen LogP contribution < -0.4 is 10.0 Å². The first-order valence-corrected chi connectivity index (χ1v) is 10.6. The predicted octanol–water partition coefficient (Wildman–Crippen LogP) is 4.24. The lowest BCUT2D eigenvalue weighted by molar-refractivity contribution is 0.597. The number of para-hydroxylation sites is 1. The fourth-order valence-electron chi connectivity index (χ4n) is 2.64. The highest BCUT2D eigenvalue weighted by Crippen LogP contribution is 2.30. The third-order valence-electron chi connectivity index (χ3n) is 3.80. The van der Waals surface area contributed by atoms with Crippen molar-refractivity contribution in [3.63, 3.8) is 0 Å². The van der Waals surface area contributed by atoms with Crippen LogP contribution in [-0.4, -0.2) is 24.3 Å². The number of benzene rings is 2. The normalized spacial score (nSPS) is 12.1. The fraction of sp³-hybridized carbons (Fsp3) is 0.105. The summed E-state index contributed by atoms with van der Waals surface area (Å²) in [5, 5.41) is 0.222. The molecule has 0 aliphatic carbocycles. The second-order valence-corrected chi connectivity index (χ2v) is 8.70. The third kappa shape index (κ3) is 4.67. The zero-order valence-electron chi connectivity index (χ0n) is 15.5. The van der Waals surface area contributed by atoms with Crippen LogP contribution in [0.2, 0.25) is 10.0 Å². The van der Waals surface area contributed by atoms with Gasteiger partial charge in [0.25, 0.3) is 16.0 Å². The molecule has 1 heterocycles. The van der Waals surface area contributed by atoms with Crippen molar-refractivity contribution < 1.29 is 8.42 Å². The number of nitrogens with zero attached hydrogens (tertiary/aromatic N) is 4. The predicted molar refractivity (Wildman–Crippen MR) is 115 cm³/mol. The number of rotatable bonds is 4. The van der Waals surface area contributed by atoms with Gasteiger partial charge < -0.3 is 5.73 Å². The summed E-state index contributed by atoms with van der Waals surface area (Å²) in [4.78, 5) is 12.3. The van der Waals surface area contributed by atoms with Crippen LogP contribution in [0, 0.1) is 13.8 Å². The smallest absolute Gasteiger partial charge is 0.272 e. The number of aliphatic imine (C=N–C) groups is 1. The first kappa shape index (κ1) is 21.0. The Bertz CT molecular complexity index is 1160. The molecule has 0 saturated carbocycles.